The molecule has 0 unspecified atom stereocenters. The lowest BCUT2D eigenvalue weighted by atomic mass is 9.93. The van der Waals surface area contributed by atoms with Crippen molar-refractivity contribution in [2.75, 3.05) is 13.2 Å². The van der Waals surface area contributed by atoms with E-state index in [0.29, 0.717) is 46.4 Å². The highest BCUT2D eigenvalue weighted by atomic mass is 16.5. The number of imide groups is 1. The minimum Gasteiger partial charge on any atom is -0.493 e. The van der Waals surface area contributed by atoms with Crippen molar-refractivity contribution >= 4 is 28.6 Å². The van der Waals surface area contributed by atoms with E-state index in [1.165, 1.54) is 4.90 Å². The van der Waals surface area contributed by atoms with Crippen molar-refractivity contribution in [2.24, 2.45) is 0 Å². The summed E-state index contributed by atoms with van der Waals surface area (Å²) < 4.78 is 10.9. The van der Waals surface area contributed by atoms with E-state index >= 15 is 0 Å². The summed E-state index contributed by atoms with van der Waals surface area (Å²) in [6, 6.07) is 8.73. The lowest BCUT2D eigenvalue weighted by Crippen LogP contribution is -2.39. The number of amides is 2. The highest BCUT2D eigenvalue weighted by molar-refractivity contribution is 6.27. The molecule has 0 spiro atoms. The zero-order chi connectivity index (χ0) is 25.3. The number of ether oxygens (including phenoxy) is 2. The highest BCUT2D eigenvalue weighted by Gasteiger charge is 2.34. The Morgan fingerprint density at radius 3 is 2.22 bits per heavy atom. The van der Waals surface area contributed by atoms with Crippen LogP contribution in [0.25, 0.3) is 10.8 Å². The third-order valence-electron chi connectivity index (χ3n) is 5.51. The van der Waals surface area contributed by atoms with Crippen LogP contribution in [0.1, 0.15) is 27.1 Å². The Balaban J connectivity index is 1.63. The molecule has 2 amide bonds. The van der Waals surface area contributed by atoms with Crippen molar-refractivity contribution < 1.29 is 23.9 Å². The van der Waals surface area contributed by atoms with Gasteiger partial charge in [0, 0.05) is 34.4 Å². The van der Waals surface area contributed by atoms with Gasteiger partial charge in [-0.25, -0.2) is 9.69 Å². The van der Waals surface area contributed by atoms with E-state index < -0.39 is 17.8 Å². The van der Waals surface area contributed by atoms with Crippen molar-refractivity contribution in [3.05, 3.63) is 127 Å². The van der Waals surface area contributed by atoms with E-state index in [9.17, 15) is 14.4 Å². The fourth-order valence-electron chi connectivity index (χ4n) is 3.86. The van der Waals surface area contributed by atoms with E-state index in [1.54, 1.807) is 48.6 Å². The molecule has 0 aromatic heterocycles. The summed E-state index contributed by atoms with van der Waals surface area (Å²) in [6.45, 7) is 3.87. The minimum atomic E-state index is -0.482. The zero-order valence-corrected chi connectivity index (χ0v) is 19.6. The number of esters is 1. The third-order valence-corrected chi connectivity index (χ3v) is 5.51. The van der Waals surface area contributed by atoms with Gasteiger partial charge in [0.25, 0.3) is 11.8 Å². The quantitative estimate of drug-likeness (QED) is 0.223. The lowest BCUT2D eigenvalue weighted by Gasteiger charge is -2.28. The van der Waals surface area contributed by atoms with Crippen LogP contribution >= 0.6 is 0 Å². The van der Waals surface area contributed by atoms with Gasteiger partial charge in [0.2, 0.25) is 0 Å². The molecule has 0 N–H and O–H groups in total. The van der Waals surface area contributed by atoms with Gasteiger partial charge >= 0.3 is 5.97 Å². The van der Waals surface area contributed by atoms with Crippen LogP contribution in [0.15, 0.2) is 116 Å². The molecule has 2 aromatic rings. The second-order valence-corrected chi connectivity index (χ2v) is 7.85. The van der Waals surface area contributed by atoms with E-state index in [0.717, 1.165) is 6.08 Å². The number of hydrogen-bond acceptors (Lipinski definition) is 5. The SMILES string of the molecule is C=CC(=O)OCCCOc1ccc2c3c(cccc13)C(=O)N(C1=C/C=C\C=C/C=C\C=C/C=C\1)C2=O. The van der Waals surface area contributed by atoms with Crippen LogP contribution in [0.2, 0.25) is 0 Å². The van der Waals surface area contributed by atoms with E-state index in [4.69, 9.17) is 9.47 Å². The molecule has 0 fully saturated rings. The molecule has 180 valence electrons. The molecule has 0 bridgehead atoms. The van der Waals surface area contributed by atoms with Gasteiger partial charge in [0.1, 0.15) is 5.75 Å². The maximum atomic E-state index is 13.6. The molecule has 0 saturated heterocycles. The summed E-state index contributed by atoms with van der Waals surface area (Å²) in [5.41, 5.74) is 1.31. The average molecular weight is 480 g/mol. The first-order valence-electron chi connectivity index (χ1n) is 11.5. The van der Waals surface area contributed by atoms with Gasteiger partial charge in [-0.3, -0.25) is 9.59 Å². The Bertz CT molecular complexity index is 1370. The number of carbonyl (C=O) groups is 3. The van der Waals surface area contributed by atoms with Gasteiger partial charge in [-0.1, -0.05) is 73.4 Å². The van der Waals surface area contributed by atoms with Crippen LogP contribution in [0.5, 0.6) is 5.75 Å². The summed E-state index contributed by atoms with van der Waals surface area (Å²) >= 11 is 0. The number of rotatable bonds is 7. The molecule has 36 heavy (non-hydrogen) atoms. The number of nitrogens with zero attached hydrogens (tertiary/aromatic N) is 1. The predicted octanol–water partition coefficient (Wildman–Crippen LogP) is 5.61. The summed E-state index contributed by atoms with van der Waals surface area (Å²) in [4.78, 5) is 39.5. The molecule has 1 heterocycles. The zero-order valence-electron chi connectivity index (χ0n) is 19.6. The first kappa shape index (κ1) is 24.4. The van der Waals surface area contributed by atoms with Crippen LogP contribution in [-0.2, 0) is 9.53 Å². The van der Waals surface area contributed by atoms with Gasteiger partial charge in [-0.15, -0.1) is 0 Å². The number of hydrogen-bond donors (Lipinski definition) is 0. The van der Waals surface area contributed by atoms with Crippen molar-refractivity contribution in [1.29, 1.82) is 0 Å². The molecule has 2 aromatic carbocycles. The molecular weight excluding hydrogens is 454 g/mol. The molecule has 1 aliphatic heterocycles. The van der Waals surface area contributed by atoms with Crippen molar-refractivity contribution in [3.63, 3.8) is 0 Å². The molecule has 0 atom stereocenters. The number of benzene rings is 2. The summed E-state index contributed by atoms with van der Waals surface area (Å²) in [7, 11) is 0. The molecule has 2 aliphatic rings. The highest BCUT2D eigenvalue weighted by Crippen LogP contribution is 2.36. The number of allylic oxidation sites excluding steroid dienone is 11. The molecule has 0 saturated carbocycles. The first-order chi connectivity index (χ1) is 17.6. The van der Waals surface area contributed by atoms with E-state index in [2.05, 4.69) is 6.58 Å². The third kappa shape index (κ3) is 5.33. The molecule has 6 heteroatoms. The Morgan fingerprint density at radius 2 is 1.50 bits per heavy atom. The second-order valence-electron chi connectivity index (χ2n) is 7.85. The van der Waals surface area contributed by atoms with Gasteiger partial charge in [-0.05, 0) is 30.4 Å². The van der Waals surface area contributed by atoms with E-state index in [1.807, 2.05) is 48.6 Å². The monoisotopic (exact) mass is 479 g/mol. The van der Waals surface area contributed by atoms with Crippen molar-refractivity contribution in [3.8, 4) is 5.75 Å². The van der Waals surface area contributed by atoms with E-state index in [-0.39, 0.29) is 6.61 Å². The van der Waals surface area contributed by atoms with Crippen LogP contribution in [0.3, 0.4) is 0 Å². The molecular formula is C30H25NO5. The molecule has 0 radical (unpaired) electrons. The number of carbonyl (C=O) groups excluding carboxylic acids is 3. The largest absolute Gasteiger partial charge is 0.493 e. The fraction of sp³-hybridized carbons (Fsp3) is 0.100. The fourth-order valence-corrected chi connectivity index (χ4v) is 3.86. The summed E-state index contributed by atoms with van der Waals surface area (Å²) in [5, 5.41) is 1.25. The Kier molecular flexibility index (Phi) is 7.88. The van der Waals surface area contributed by atoms with Gasteiger partial charge < -0.3 is 9.47 Å². The lowest BCUT2D eigenvalue weighted by molar-refractivity contribution is -0.137. The molecule has 6 nitrogen and oxygen atoms in total. The van der Waals surface area contributed by atoms with Gasteiger partial charge in [0.15, 0.2) is 0 Å². The Labute approximate surface area is 209 Å². The van der Waals surface area contributed by atoms with Crippen LogP contribution in [0.4, 0.5) is 0 Å². The maximum absolute atomic E-state index is 13.6. The van der Waals surface area contributed by atoms with Gasteiger partial charge in [0.05, 0.1) is 18.9 Å². The Hall–Kier alpha value is -4.71. The smallest absolute Gasteiger partial charge is 0.330 e. The van der Waals surface area contributed by atoms with Crippen molar-refractivity contribution in [2.45, 2.75) is 6.42 Å². The average Bonchev–Trinajstić information content (AvgIpc) is 2.88. The normalized spacial score (nSPS) is 20.8. The Morgan fingerprint density at radius 1 is 0.833 bits per heavy atom. The first-order valence-corrected chi connectivity index (χ1v) is 11.5. The topological polar surface area (TPSA) is 72.9 Å². The standard InChI is InChI=1S/C30H25NO5/c1-2-27(32)36-21-13-20-35-26-19-18-25-28-23(26)16-12-17-24(28)29(33)31(30(25)34)22-14-10-8-6-4-3-5-7-9-11-15-22/h2-12,14-19H,1,13,20-21H2/b4-3-,5-3?,6-4?,7-5-,8-6-,9-7?,10-8?,11-9-,14-10-,15-11?,22-14?,22-15+. The maximum Gasteiger partial charge on any atom is 0.330 e. The summed E-state index contributed by atoms with van der Waals surface area (Å²) in [5.74, 6) is -0.730. The summed E-state index contributed by atoms with van der Waals surface area (Å²) in [6.07, 6.45) is 21.7. The van der Waals surface area contributed by atoms with Crippen molar-refractivity contribution in [1.82, 2.24) is 4.90 Å². The van der Waals surface area contributed by atoms with Crippen LogP contribution in [-0.4, -0.2) is 35.9 Å². The second kappa shape index (κ2) is 11.6. The minimum absolute atomic E-state index is 0.205. The molecule has 1 aliphatic carbocycles. The van der Waals surface area contributed by atoms with Crippen LogP contribution in [0, 0.1) is 0 Å². The molecule has 4 rings (SSSR count). The van der Waals surface area contributed by atoms with Gasteiger partial charge in [-0.2, -0.15) is 0 Å². The van der Waals surface area contributed by atoms with Crippen LogP contribution < -0.4 is 4.74 Å². The predicted molar refractivity (Wildman–Crippen MR) is 139 cm³/mol.